The number of rotatable bonds is 6. The second-order valence-corrected chi connectivity index (χ2v) is 7.49. The lowest BCUT2D eigenvalue weighted by atomic mass is 10.2. The summed E-state index contributed by atoms with van der Waals surface area (Å²) < 4.78 is 19.4. The van der Waals surface area contributed by atoms with Crippen LogP contribution in [-0.2, 0) is 11.2 Å². The zero-order chi connectivity index (χ0) is 20.2. The number of nitrogens with zero attached hydrogens (tertiary/aromatic N) is 2. The van der Waals surface area contributed by atoms with E-state index in [-0.39, 0.29) is 23.8 Å². The highest BCUT2D eigenvalue weighted by molar-refractivity contribution is 7.14. The van der Waals surface area contributed by atoms with E-state index < -0.39 is 11.7 Å². The van der Waals surface area contributed by atoms with Crippen LogP contribution < -0.4 is 15.5 Å². The molecular formula is C20H19FN4O3S. The Bertz CT molecular complexity index is 1010. The van der Waals surface area contributed by atoms with Gasteiger partial charge in [0.15, 0.2) is 10.9 Å². The molecule has 0 radical (unpaired) electrons. The zero-order valence-electron chi connectivity index (χ0n) is 15.5. The summed E-state index contributed by atoms with van der Waals surface area (Å²) in [5.74, 6) is -1.08. The van der Waals surface area contributed by atoms with Crippen molar-refractivity contribution < 1.29 is 18.4 Å². The monoisotopic (exact) mass is 414 g/mol. The van der Waals surface area contributed by atoms with Crippen LogP contribution in [0.15, 0.2) is 46.4 Å². The van der Waals surface area contributed by atoms with Crippen molar-refractivity contribution in [3.05, 3.63) is 59.2 Å². The smallest absolute Gasteiger partial charge is 0.293 e. The minimum Gasteiger partial charge on any atom is -0.459 e. The number of furan rings is 1. The molecule has 0 spiro atoms. The molecule has 4 rings (SSSR count). The van der Waals surface area contributed by atoms with Crippen molar-refractivity contribution in [1.29, 1.82) is 0 Å². The van der Waals surface area contributed by atoms with E-state index in [1.807, 2.05) is 6.07 Å². The number of para-hydroxylation sites is 1. The van der Waals surface area contributed by atoms with Crippen LogP contribution in [0.3, 0.4) is 0 Å². The molecule has 1 aromatic carbocycles. The number of hydrogen-bond donors (Lipinski definition) is 2. The maximum absolute atomic E-state index is 14.4. The molecular weight excluding hydrogens is 395 g/mol. The van der Waals surface area contributed by atoms with Crippen LogP contribution >= 0.6 is 11.3 Å². The highest BCUT2D eigenvalue weighted by Gasteiger charge is 2.20. The summed E-state index contributed by atoms with van der Waals surface area (Å²) in [5, 5.41) is 7.34. The van der Waals surface area contributed by atoms with Gasteiger partial charge in [0, 0.05) is 18.5 Å². The second-order valence-electron chi connectivity index (χ2n) is 6.63. The van der Waals surface area contributed by atoms with Gasteiger partial charge in [0.2, 0.25) is 5.91 Å². The van der Waals surface area contributed by atoms with E-state index in [4.69, 9.17) is 4.42 Å². The van der Waals surface area contributed by atoms with Crippen LogP contribution in [0.4, 0.5) is 20.9 Å². The van der Waals surface area contributed by atoms with Gasteiger partial charge in [-0.3, -0.25) is 14.9 Å². The fourth-order valence-corrected chi connectivity index (χ4v) is 3.92. The predicted octanol–water partition coefficient (Wildman–Crippen LogP) is 3.91. The summed E-state index contributed by atoms with van der Waals surface area (Å²) in [6, 6.07) is 7.96. The first-order chi connectivity index (χ1) is 14.1. The first-order valence-corrected chi connectivity index (χ1v) is 10.1. The van der Waals surface area contributed by atoms with Crippen LogP contribution in [0.5, 0.6) is 0 Å². The summed E-state index contributed by atoms with van der Waals surface area (Å²) in [4.78, 5) is 30.8. The minimum atomic E-state index is -0.465. The molecule has 29 heavy (non-hydrogen) atoms. The molecule has 2 N–H and O–H groups in total. The fourth-order valence-electron chi connectivity index (χ4n) is 3.22. The summed E-state index contributed by atoms with van der Waals surface area (Å²) in [7, 11) is 0. The molecule has 150 valence electrons. The van der Waals surface area contributed by atoms with Gasteiger partial charge in [-0.15, -0.1) is 11.3 Å². The molecule has 3 heterocycles. The third-order valence-electron chi connectivity index (χ3n) is 4.56. The second kappa shape index (κ2) is 8.44. The van der Waals surface area contributed by atoms with Crippen molar-refractivity contribution in [2.75, 3.05) is 28.6 Å². The van der Waals surface area contributed by atoms with Gasteiger partial charge in [-0.1, -0.05) is 6.07 Å². The van der Waals surface area contributed by atoms with Crippen molar-refractivity contribution in [3.8, 4) is 0 Å². The van der Waals surface area contributed by atoms with Crippen molar-refractivity contribution in [1.82, 2.24) is 4.98 Å². The van der Waals surface area contributed by atoms with E-state index in [0.717, 1.165) is 25.9 Å². The van der Waals surface area contributed by atoms with E-state index >= 15 is 0 Å². The molecule has 2 amide bonds. The van der Waals surface area contributed by atoms with Crippen LogP contribution in [-0.4, -0.2) is 29.9 Å². The number of halogens is 1. The lowest BCUT2D eigenvalue weighted by Crippen LogP contribution is -2.22. The molecule has 1 fully saturated rings. The van der Waals surface area contributed by atoms with Gasteiger partial charge in [-0.25, -0.2) is 9.37 Å². The molecule has 0 unspecified atom stereocenters. The Hall–Kier alpha value is -3.20. The number of carbonyl (C=O) groups is 2. The molecule has 0 bridgehead atoms. The van der Waals surface area contributed by atoms with E-state index in [2.05, 4.69) is 20.5 Å². The molecule has 1 aliphatic rings. The number of hydrogen-bond acceptors (Lipinski definition) is 6. The van der Waals surface area contributed by atoms with Gasteiger partial charge in [0.05, 0.1) is 24.1 Å². The normalized spacial score (nSPS) is 13.5. The van der Waals surface area contributed by atoms with Gasteiger partial charge in [-0.05, 0) is 37.1 Å². The Kier molecular flexibility index (Phi) is 5.57. The summed E-state index contributed by atoms with van der Waals surface area (Å²) in [6.45, 7) is 1.69. The van der Waals surface area contributed by atoms with Crippen molar-refractivity contribution >= 4 is 39.7 Å². The molecule has 7 nitrogen and oxygen atoms in total. The molecule has 0 saturated carbocycles. The van der Waals surface area contributed by atoms with Gasteiger partial charge in [-0.2, -0.15) is 0 Å². The molecule has 3 aromatic rings. The highest BCUT2D eigenvalue weighted by Crippen LogP contribution is 2.31. The van der Waals surface area contributed by atoms with Crippen LogP contribution in [0.1, 0.15) is 29.1 Å². The van der Waals surface area contributed by atoms with E-state index in [9.17, 15) is 14.0 Å². The van der Waals surface area contributed by atoms with Crippen LogP contribution in [0.2, 0.25) is 0 Å². The Labute approximate surface area is 170 Å². The van der Waals surface area contributed by atoms with Gasteiger partial charge in [0.25, 0.3) is 5.91 Å². The topological polar surface area (TPSA) is 87.5 Å². The fraction of sp³-hybridized carbons (Fsp3) is 0.250. The molecule has 1 saturated heterocycles. The van der Waals surface area contributed by atoms with E-state index in [1.54, 1.807) is 23.6 Å². The predicted molar refractivity (Wildman–Crippen MR) is 109 cm³/mol. The lowest BCUT2D eigenvalue weighted by Gasteiger charge is -2.21. The average Bonchev–Trinajstić information content (AvgIpc) is 3.46. The van der Waals surface area contributed by atoms with E-state index in [0.29, 0.717) is 16.5 Å². The molecule has 0 atom stereocenters. The number of aromatic nitrogens is 1. The highest BCUT2D eigenvalue weighted by atomic mass is 32.1. The first kappa shape index (κ1) is 19.1. The van der Waals surface area contributed by atoms with Crippen molar-refractivity contribution in [3.63, 3.8) is 0 Å². The molecule has 0 aliphatic carbocycles. The third kappa shape index (κ3) is 4.45. The Morgan fingerprint density at radius 3 is 2.76 bits per heavy atom. The number of nitrogens with one attached hydrogen (secondary N) is 2. The average molecular weight is 414 g/mol. The third-order valence-corrected chi connectivity index (χ3v) is 5.37. The maximum atomic E-state index is 14.4. The minimum absolute atomic E-state index is 0.0269. The molecule has 2 aromatic heterocycles. The van der Waals surface area contributed by atoms with Gasteiger partial charge in [0.1, 0.15) is 11.5 Å². The quantitative estimate of drug-likeness (QED) is 0.639. The van der Waals surface area contributed by atoms with Crippen LogP contribution in [0, 0.1) is 5.82 Å². The first-order valence-electron chi connectivity index (χ1n) is 9.23. The number of amides is 2. The molecule has 1 aliphatic heterocycles. The van der Waals surface area contributed by atoms with Crippen LogP contribution in [0.25, 0.3) is 0 Å². The number of anilines is 3. The van der Waals surface area contributed by atoms with Gasteiger partial charge >= 0.3 is 0 Å². The SMILES string of the molecule is O=C(Cc1csc(NC(=O)c2ccco2)n1)Nc1c(F)cccc1N1CCCC1. The Morgan fingerprint density at radius 1 is 1.17 bits per heavy atom. The summed E-state index contributed by atoms with van der Waals surface area (Å²) >= 11 is 1.20. The number of carbonyl (C=O) groups excluding carboxylic acids is 2. The number of thiazole rings is 1. The Balaban J connectivity index is 1.41. The largest absolute Gasteiger partial charge is 0.459 e. The maximum Gasteiger partial charge on any atom is 0.293 e. The summed E-state index contributed by atoms with van der Waals surface area (Å²) in [5.41, 5.74) is 1.38. The number of benzene rings is 1. The van der Waals surface area contributed by atoms with Crippen molar-refractivity contribution in [2.45, 2.75) is 19.3 Å². The zero-order valence-corrected chi connectivity index (χ0v) is 16.3. The molecule has 9 heteroatoms. The summed E-state index contributed by atoms with van der Waals surface area (Å²) in [6.07, 6.45) is 3.48. The lowest BCUT2D eigenvalue weighted by molar-refractivity contribution is -0.115. The van der Waals surface area contributed by atoms with E-state index in [1.165, 1.54) is 23.7 Å². The standard InChI is InChI=1S/C20H19FN4O3S/c21-14-5-3-6-15(25-8-1-2-9-25)18(14)23-17(26)11-13-12-29-20(22-13)24-19(27)16-7-4-10-28-16/h3-7,10,12H,1-2,8-9,11H2,(H,23,26)(H,22,24,27). The van der Waals surface area contributed by atoms with Crippen molar-refractivity contribution in [2.24, 2.45) is 0 Å². The Morgan fingerprint density at radius 2 is 2.00 bits per heavy atom. The van der Waals surface area contributed by atoms with Gasteiger partial charge < -0.3 is 14.6 Å².